The fourth-order valence-corrected chi connectivity index (χ4v) is 2.30. The number of piperidine rings is 1. The number of amides is 1. The highest BCUT2D eigenvalue weighted by molar-refractivity contribution is 5.70. The van der Waals surface area contributed by atoms with Crippen molar-refractivity contribution in [1.82, 2.24) is 15.1 Å². The van der Waals surface area contributed by atoms with E-state index in [0.717, 1.165) is 25.9 Å². The Hall–Kier alpha value is -1.52. The van der Waals surface area contributed by atoms with Crippen molar-refractivity contribution < 1.29 is 9.53 Å². The molecule has 0 atom stereocenters. The van der Waals surface area contributed by atoms with Crippen LogP contribution in [0.15, 0.2) is 12.3 Å². The first-order chi connectivity index (χ1) is 7.77. The van der Waals surface area contributed by atoms with E-state index >= 15 is 0 Å². The first kappa shape index (κ1) is 9.69. The number of H-pyrrole nitrogens is 1. The zero-order valence-corrected chi connectivity index (χ0v) is 9.11. The molecule has 1 saturated carbocycles. The number of aromatic amines is 1. The summed E-state index contributed by atoms with van der Waals surface area (Å²) in [6.07, 6.45) is 6.25. The maximum Gasteiger partial charge on any atom is 0.416 e. The van der Waals surface area contributed by atoms with Crippen LogP contribution in [0.25, 0.3) is 0 Å². The molecule has 1 amide bonds. The van der Waals surface area contributed by atoms with E-state index in [9.17, 15) is 4.79 Å². The van der Waals surface area contributed by atoms with Gasteiger partial charge in [-0.15, -0.1) is 0 Å². The van der Waals surface area contributed by atoms with Crippen molar-refractivity contribution in [3.8, 4) is 5.88 Å². The van der Waals surface area contributed by atoms with Crippen LogP contribution in [0.5, 0.6) is 5.88 Å². The fourth-order valence-electron chi connectivity index (χ4n) is 2.30. The maximum atomic E-state index is 11.8. The second kappa shape index (κ2) is 3.50. The van der Waals surface area contributed by atoms with Crippen molar-refractivity contribution in [2.24, 2.45) is 5.41 Å². The van der Waals surface area contributed by atoms with Crippen molar-refractivity contribution in [1.29, 1.82) is 0 Å². The summed E-state index contributed by atoms with van der Waals surface area (Å²) in [7, 11) is 0. The van der Waals surface area contributed by atoms with E-state index in [1.165, 1.54) is 12.8 Å². The van der Waals surface area contributed by atoms with Gasteiger partial charge in [0.2, 0.25) is 5.88 Å². The van der Waals surface area contributed by atoms with E-state index in [4.69, 9.17) is 4.74 Å². The first-order valence-corrected chi connectivity index (χ1v) is 5.74. The average Bonchev–Trinajstić information content (AvgIpc) is 2.85. The highest BCUT2D eigenvalue weighted by Gasteiger charge is 2.45. The molecule has 2 heterocycles. The molecule has 0 unspecified atom stereocenters. The lowest BCUT2D eigenvalue weighted by molar-refractivity contribution is 0.125. The van der Waals surface area contributed by atoms with Crippen molar-refractivity contribution in [2.75, 3.05) is 13.1 Å². The predicted octanol–water partition coefficient (Wildman–Crippen LogP) is 1.78. The Labute approximate surface area is 93.8 Å². The highest BCUT2D eigenvalue weighted by atomic mass is 16.6. The summed E-state index contributed by atoms with van der Waals surface area (Å²) in [4.78, 5) is 13.5. The van der Waals surface area contributed by atoms with Crippen LogP contribution in [0.1, 0.15) is 25.7 Å². The Bertz CT molecular complexity index is 374. The van der Waals surface area contributed by atoms with E-state index in [2.05, 4.69) is 10.2 Å². The average molecular weight is 221 g/mol. The smallest absolute Gasteiger partial charge is 0.392 e. The first-order valence-electron chi connectivity index (χ1n) is 5.74. The normalized spacial score (nSPS) is 22.1. The van der Waals surface area contributed by atoms with Crippen LogP contribution in [-0.2, 0) is 0 Å². The second-order valence-corrected chi connectivity index (χ2v) is 4.78. The van der Waals surface area contributed by atoms with Gasteiger partial charge in [-0.1, -0.05) is 0 Å². The standard InChI is InChI=1S/C11H15N3O2/c15-10(16-9-1-6-12-13-9)14-7-4-11(2-3-11)5-8-14/h1,6H,2-5,7-8H2,(H,12,13). The Morgan fingerprint density at radius 2 is 2.12 bits per heavy atom. The molecule has 1 saturated heterocycles. The van der Waals surface area contributed by atoms with Crippen LogP contribution in [0.4, 0.5) is 4.79 Å². The van der Waals surface area contributed by atoms with Crippen molar-refractivity contribution in [3.63, 3.8) is 0 Å². The Balaban J connectivity index is 1.55. The molecular weight excluding hydrogens is 206 g/mol. The largest absolute Gasteiger partial charge is 0.416 e. The van der Waals surface area contributed by atoms with E-state index in [1.54, 1.807) is 17.2 Å². The monoisotopic (exact) mass is 221 g/mol. The molecule has 2 fully saturated rings. The molecule has 1 aliphatic heterocycles. The third kappa shape index (κ3) is 1.77. The van der Waals surface area contributed by atoms with Crippen LogP contribution in [0.2, 0.25) is 0 Å². The van der Waals surface area contributed by atoms with Gasteiger partial charge in [0.25, 0.3) is 0 Å². The van der Waals surface area contributed by atoms with Gasteiger partial charge in [0.05, 0.1) is 6.20 Å². The molecule has 0 radical (unpaired) electrons. The van der Waals surface area contributed by atoms with Gasteiger partial charge < -0.3 is 9.64 Å². The van der Waals surface area contributed by atoms with Gasteiger partial charge >= 0.3 is 6.09 Å². The second-order valence-electron chi connectivity index (χ2n) is 4.78. The van der Waals surface area contributed by atoms with Crippen LogP contribution in [-0.4, -0.2) is 34.3 Å². The van der Waals surface area contributed by atoms with E-state index in [-0.39, 0.29) is 6.09 Å². The van der Waals surface area contributed by atoms with Crippen LogP contribution >= 0.6 is 0 Å². The van der Waals surface area contributed by atoms with Gasteiger partial charge in [-0.05, 0) is 31.1 Å². The zero-order chi connectivity index (χ0) is 11.0. The Morgan fingerprint density at radius 3 is 2.69 bits per heavy atom. The van der Waals surface area contributed by atoms with E-state index in [0.29, 0.717) is 11.3 Å². The minimum absolute atomic E-state index is 0.264. The predicted molar refractivity (Wildman–Crippen MR) is 57.1 cm³/mol. The number of carbonyl (C=O) groups is 1. The maximum absolute atomic E-state index is 11.8. The van der Waals surface area contributed by atoms with Crippen LogP contribution in [0, 0.1) is 5.41 Å². The number of hydrogen-bond donors (Lipinski definition) is 1. The van der Waals surface area contributed by atoms with Gasteiger partial charge in [0, 0.05) is 19.2 Å². The number of nitrogens with one attached hydrogen (secondary N) is 1. The van der Waals surface area contributed by atoms with Crippen LogP contribution < -0.4 is 4.74 Å². The molecule has 2 aliphatic rings. The topological polar surface area (TPSA) is 58.2 Å². The number of aromatic nitrogens is 2. The molecule has 1 aliphatic carbocycles. The number of nitrogens with zero attached hydrogens (tertiary/aromatic N) is 2. The molecule has 0 aromatic carbocycles. The minimum atomic E-state index is -0.264. The quantitative estimate of drug-likeness (QED) is 0.786. The van der Waals surface area contributed by atoms with Crippen molar-refractivity contribution in [3.05, 3.63) is 12.3 Å². The zero-order valence-electron chi connectivity index (χ0n) is 9.11. The number of ether oxygens (including phenoxy) is 1. The molecule has 1 spiro atoms. The summed E-state index contributed by atoms with van der Waals surface area (Å²) >= 11 is 0. The molecule has 1 N–H and O–H groups in total. The summed E-state index contributed by atoms with van der Waals surface area (Å²) in [5.74, 6) is 0.414. The molecule has 0 bridgehead atoms. The number of rotatable bonds is 1. The number of hydrogen-bond acceptors (Lipinski definition) is 3. The molecule has 5 heteroatoms. The van der Waals surface area contributed by atoms with Gasteiger partial charge in [-0.2, -0.15) is 5.10 Å². The molecule has 1 aromatic heterocycles. The summed E-state index contributed by atoms with van der Waals surface area (Å²) in [6, 6.07) is 1.64. The Morgan fingerprint density at radius 1 is 1.38 bits per heavy atom. The van der Waals surface area contributed by atoms with E-state index in [1.807, 2.05) is 0 Å². The summed E-state index contributed by atoms with van der Waals surface area (Å²) in [5.41, 5.74) is 0.588. The molecule has 5 nitrogen and oxygen atoms in total. The SMILES string of the molecule is O=C(Oc1ccn[nH]1)N1CCC2(CC1)CC2. The van der Waals surface area contributed by atoms with Gasteiger partial charge in [-0.25, -0.2) is 9.89 Å². The van der Waals surface area contributed by atoms with Crippen LogP contribution in [0.3, 0.4) is 0 Å². The summed E-state index contributed by atoms with van der Waals surface area (Å²) < 4.78 is 5.15. The summed E-state index contributed by atoms with van der Waals surface area (Å²) in [5, 5.41) is 6.35. The minimum Gasteiger partial charge on any atom is -0.392 e. The molecule has 86 valence electrons. The Kier molecular flexibility index (Phi) is 2.12. The van der Waals surface area contributed by atoms with Crippen molar-refractivity contribution >= 4 is 6.09 Å². The fraction of sp³-hybridized carbons (Fsp3) is 0.636. The molecule has 1 aromatic rings. The lowest BCUT2D eigenvalue weighted by Gasteiger charge is -2.30. The third-order valence-electron chi connectivity index (χ3n) is 3.71. The number of carbonyl (C=O) groups excluding carboxylic acids is 1. The lowest BCUT2D eigenvalue weighted by atomic mass is 9.94. The number of likely N-dealkylation sites (tertiary alicyclic amines) is 1. The van der Waals surface area contributed by atoms with Gasteiger partial charge in [-0.3, -0.25) is 0 Å². The molecular formula is C11H15N3O2. The summed E-state index contributed by atoms with van der Waals surface area (Å²) in [6.45, 7) is 1.65. The molecule has 3 rings (SSSR count). The third-order valence-corrected chi connectivity index (χ3v) is 3.71. The molecule has 16 heavy (non-hydrogen) atoms. The van der Waals surface area contributed by atoms with Gasteiger partial charge in [0.1, 0.15) is 0 Å². The van der Waals surface area contributed by atoms with Crippen molar-refractivity contribution in [2.45, 2.75) is 25.7 Å². The highest BCUT2D eigenvalue weighted by Crippen LogP contribution is 2.53. The van der Waals surface area contributed by atoms with E-state index < -0.39 is 0 Å². The van der Waals surface area contributed by atoms with Gasteiger partial charge in [0.15, 0.2) is 0 Å². The lowest BCUT2D eigenvalue weighted by Crippen LogP contribution is -2.40.